The molecule has 0 spiro atoms. The minimum Gasteiger partial charge on any atom is -0.333 e. The molecule has 1 N–H and O–H groups in total. The number of nitrogens with zero attached hydrogens (tertiary/aromatic N) is 2. The lowest BCUT2D eigenvalue weighted by molar-refractivity contribution is 0.569. The van der Waals surface area contributed by atoms with Crippen molar-refractivity contribution in [3.8, 4) is 0 Å². The molecule has 0 saturated heterocycles. The van der Waals surface area contributed by atoms with Gasteiger partial charge in [0.2, 0.25) is 0 Å². The minimum atomic E-state index is 0.191. The van der Waals surface area contributed by atoms with Crippen molar-refractivity contribution in [3.05, 3.63) is 38.1 Å². The maximum Gasteiger partial charge on any atom is 0.130 e. The van der Waals surface area contributed by atoms with Crippen molar-refractivity contribution in [1.29, 1.82) is 0 Å². The van der Waals surface area contributed by atoms with Crippen molar-refractivity contribution in [1.82, 2.24) is 14.9 Å². The van der Waals surface area contributed by atoms with E-state index in [1.54, 1.807) is 11.3 Å². The van der Waals surface area contributed by atoms with Crippen molar-refractivity contribution >= 4 is 33.9 Å². The highest BCUT2D eigenvalue weighted by Crippen LogP contribution is 2.26. The van der Waals surface area contributed by atoms with Crippen LogP contribution in [0.5, 0.6) is 0 Å². The third-order valence-corrected chi connectivity index (χ3v) is 4.49. The van der Waals surface area contributed by atoms with Gasteiger partial charge in [-0.3, -0.25) is 0 Å². The minimum absolute atomic E-state index is 0.191. The first kappa shape index (κ1) is 13.0. The molecule has 3 nitrogen and oxygen atoms in total. The first-order chi connectivity index (χ1) is 8.26. The van der Waals surface area contributed by atoms with Crippen molar-refractivity contribution in [2.24, 2.45) is 0 Å². The Morgan fingerprint density at radius 2 is 2.41 bits per heavy atom. The topological polar surface area (TPSA) is 29.9 Å². The van der Waals surface area contributed by atoms with E-state index in [1.165, 1.54) is 8.45 Å². The van der Waals surface area contributed by atoms with Crippen LogP contribution in [0.15, 0.2) is 23.8 Å². The fraction of sp³-hybridized carbons (Fsp3) is 0.417. The van der Waals surface area contributed by atoms with E-state index in [9.17, 15) is 0 Å². The number of thiophene rings is 1. The standard InChI is InChI=1S/C12H16IN3S/c1-3-5-16-6-4-15-12(16)11(14-2)9-7-10(13)17-8-9/h4,6-8,11,14H,3,5H2,1-2H3. The van der Waals surface area contributed by atoms with Crippen molar-refractivity contribution in [2.75, 3.05) is 7.05 Å². The Hall–Kier alpha value is -0.400. The van der Waals surface area contributed by atoms with Gasteiger partial charge >= 0.3 is 0 Å². The van der Waals surface area contributed by atoms with E-state index in [2.05, 4.69) is 62.0 Å². The lowest BCUT2D eigenvalue weighted by atomic mass is 10.1. The molecule has 2 aromatic heterocycles. The highest BCUT2D eigenvalue weighted by Gasteiger charge is 2.18. The second kappa shape index (κ2) is 5.97. The van der Waals surface area contributed by atoms with Gasteiger partial charge in [0.25, 0.3) is 0 Å². The van der Waals surface area contributed by atoms with Crippen molar-refractivity contribution in [3.63, 3.8) is 0 Å². The predicted molar refractivity (Wildman–Crippen MR) is 80.5 cm³/mol. The number of aromatic nitrogens is 2. The monoisotopic (exact) mass is 361 g/mol. The molecule has 0 aliphatic rings. The Morgan fingerprint density at radius 1 is 1.59 bits per heavy atom. The number of nitrogens with one attached hydrogen (secondary N) is 1. The van der Waals surface area contributed by atoms with Crippen LogP contribution in [0.1, 0.15) is 30.8 Å². The van der Waals surface area contributed by atoms with E-state index in [1.807, 2.05) is 13.2 Å². The lowest BCUT2D eigenvalue weighted by Crippen LogP contribution is -2.21. The van der Waals surface area contributed by atoms with E-state index in [-0.39, 0.29) is 6.04 Å². The Balaban J connectivity index is 2.31. The number of hydrogen-bond donors (Lipinski definition) is 1. The quantitative estimate of drug-likeness (QED) is 0.829. The lowest BCUT2D eigenvalue weighted by Gasteiger charge is -2.16. The molecule has 17 heavy (non-hydrogen) atoms. The van der Waals surface area contributed by atoms with Gasteiger partial charge in [-0.1, -0.05) is 6.92 Å². The molecule has 0 aliphatic heterocycles. The van der Waals surface area contributed by atoms with Crippen LogP contribution in [-0.4, -0.2) is 16.6 Å². The van der Waals surface area contributed by atoms with E-state index in [4.69, 9.17) is 0 Å². The third-order valence-electron chi connectivity index (χ3n) is 2.68. The van der Waals surface area contributed by atoms with E-state index in [0.29, 0.717) is 0 Å². The fourth-order valence-corrected chi connectivity index (χ4v) is 3.33. The number of aryl methyl sites for hydroxylation is 1. The fourth-order valence-electron chi connectivity index (χ4n) is 1.93. The van der Waals surface area contributed by atoms with Gasteiger partial charge in [-0.2, -0.15) is 0 Å². The SMILES string of the molecule is CCCn1ccnc1C(NC)c1csc(I)c1. The van der Waals surface area contributed by atoms with Gasteiger partial charge in [0.15, 0.2) is 0 Å². The molecule has 0 radical (unpaired) electrons. The van der Waals surface area contributed by atoms with Crippen molar-refractivity contribution in [2.45, 2.75) is 25.9 Å². The molecule has 0 saturated carbocycles. The van der Waals surface area contributed by atoms with Crippen LogP contribution in [0.2, 0.25) is 0 Å². The van der Waals surface area contributed by atoms with Gasteiger partial charge in [0.1, 0.15) is 5.82 Å². The molecule has 92 valence electrons. The van der Waals surface area contributed by atoms with Crippen LogP contribution >= 0.6 is 33.9 Å². The van der Waals surface area contributed by atoms with Crippen LogP contribution in [0.4, 0.5) is 0 Å². The van der Waals surface area contributed by atoms with E-state index < -0.39 is 0 Å². The zero-order chi connectivity index (χ0) is 12.3. The van der Waals surface area contributed by atoms with Gasteiger partial charge in [-0.05, 0) is 53.1 Å². The second-order valence-corrected chi connectivity index (χ2v) is 6.69. The second-order valence-electron chi connectivity index (χ2n) is 3.88. The van der Waals surface area contributed by atoms with Crippen LogP contribution in [0.3, 0.4) is 0 Å². The Morgan fingerprint density at radius 3 is 3.00 bits per heavy atom. The van der Waals surface area contributed by atoms with Crippen LogP contribution in [0.25, 0.3) is 0 Å². The molecule has 0 bridgehead atoms. The molecule has 0 amide bonds. The smallest absolute Gasteiger partial charge is 0.130 e. The summed E-state index contributed by atoms with van der Waals surface area (Å²) in [6.07, 6.45) is 5.06. The Bertz CT molecular complexity index is 478. The summed E-state index contributed by atoms with van der Waals surface area (Å²) in [4.78, 5) is 4.49. The van der Waals surface area contributed by atoms with Gasteiger partial charge in [-0.15, -0.1) is 11.3 Å². The normalized spacial score (nSPS) is 12.9. The molecule has 5 heteroatoms. The van der Waals surface area contributed by atoms with Crippen molar-refractivity contribution < 1.29 is 0 Å². The molecular formula is C12H16IN3S. The predicted octanol–water partition coefficient (Wildman–Crippen LogP) is 3.27. The molecule has 1 unspecified atom stereocenters. The summed E-state index contributed by atoms with van der Waals surface area (Å²) in [5.41, 5.74) is 1.30. The molecule has 1 atom stereocenters. The summed E-state index contributed by atoms with van der Waals surface area (Å²) < 4.78 is 3.54. The zero-order valence-electron chi connectivity index (χ0n) is 9.98. The Kier molecular flexibility index (Phi) is 4.58. The van der Waals surface area contributed by atoms with Crippen LogP contribution in [0, 0.1) is 2.88 Å². The van der Waals surface area contributed by atoms with Gasteiger partial charge in [-0.25, -0.2) is 4.98 Å². The summed E-state index contributed by atoms with van der Waals surface area (Å²) in [5.74, 6) is 1.10. The molecule has 0 fully saturated rings. The highest BCUT2D eigenvalue weighted by atomic mass is 127. The largest absolute Gasteiger partial charge is 0.333 e. The van der Waals surface area contributed by atoms with Gasteiger partial charge in [0.05, 0.1) is 8.93 Å². The molecule has 0 aromatic carbocycles. The number of imidazole rings is 1. The molecule has 0 aliphatic carbocycles. The van der Waals surface area contributed by atoms with E-state index in [0.717, 1.165) is 18.8 Å². The Labute approximate surface area is 119 Å². The summed E-state index contributed by atoms with van der Waals surface area (Å²) in [6.45, 7) is 3.21. The molecular weight excluding hydrogens is 345 g/mol. The number of halogens is 1. The average molecular weight is 361 g/mol. The number of hydrogen-bond acceptors (Lipinski definition) is 3. The average Bonchev–Trinajstić information content (AvgIpc) is 2.91. The molecule has 2 heterocycles. The summed E-state index contributed by atoms with van der Waals surface area (Å²) in [6, 6.07) is 2.41. The number of rotatable bonds is 5. The molecule has 2 aromatic rings. The van der Waals surface area contributed by atoms with Gasteiger partial charge < -0.3 is 9.88 Å². The third kappa shape index (κ3) is 2.89. The summed E-state index contributed by atoms with van der Waals surface area (Å²) >= 11 is 4.13. The van der Waals surface area contributed by atoms with Crippen LogP contribution in [-0.2, 0) is 6.54 Å². The highest BCUT2D eigenvalue weighted by molar-refractivity contribution is 14.1. The van der Waals surface area contributed by atoms with Gasteiger partial charge in [0, 0.05) is 18.9 Å². The molecule has 2 rings (SSSR count). The maximum absolute atomic E-state index is 4.49. The summed E-state index contributed by atoms with van der Waals surface area (Å²) in [7, 11) is 1.99. The first-order valence-corrected chi connectivity index (χ1v) is 7.64. The first-order valence-electron chi connectivity index (χ1n) is 5.68. The van der Waals surface area contributed by atoms with E-state index >= 15 is 0 Å². The van der Waals surface area contributed by atoms with Crippen LogP contribution < -0.4 is 5.32 Å². The maximum atomic E-state index is 4.49. The summed E-state index contributed by atoms with van der Waals surface area (Å²) in [5, 5.41) is 5.56. The zero-order valence-corrected chi connectivity index (χ0v) is 13.0.